The Hall–Kier alpha value is -2.79. The monoisotopic (exact) mass is 372 g/mol. The van der Waals surface area contributed by atoms with Crippen LogP contribution < -0.4 is 10.2 Å². The summed E-state index contributed by atoms with van der Waals surface area (Å²) in [5.41, 5.74) is 0.644. The fourth-order valence-corrected chi connectivity index (χ4v) is 2.69. The van der Waals surface area contributed by atoms with Gasteiger partial charge in [-0.05, 0) is 32.0 Å². The molecule has 1 aromatic heterocycles. The van der Waals surface area contributed by atoms with E-state index >= 15 is 0 Å². The minimum Gasteiger partial charge on any atom is -0.471 e. The predicted molar refractivity (Wildman–Crippen MR) is 99.7 cm³/mol. The largest absolute Gasteiger partial charge is 0.471 e. The molecule has 0 radical (unpaired) electrons. The molecule has 1 heterocycles. The molecule has 3 rings (SSSR count). The Labute approximate surface area is 155 Å². The lowest BCUT2D eigenvalue weighted by Crippen LogP contribution is -2.28. The molecular formula is C20H17ClO5. The van der Waals surface area contributed by atoms with Gasteiger partial charge in [0.15, 0.2) is 11.9 Å². The first-order chi connectivity index (χ1) is 12.5. The molecule has 0 unspecified atom stereocenters. The molecule has 0 aliphatic heterocycles. The van der Waals surface area contributed by atoms with E-state index in [4.69, 9.17) is 25.5 Å². The second kappa shape index (κ2) is 7.62. The van der Waals surface area contributed by atoms with Crippen LogP contribution in [0, 0.1) is 0 Å². The lowest BCUT2D eigenvalue weighted by molar-refractivity contribution is -0.150. The first kappa shape index (κ1) is 18.0. The van der Waals surface area contributed by atoms with Crippen molar-refractivity contribution in [2.24, 2.45) is 0 Å². The highest BCUT2D eigenvalue weighted by atomic mass is 35.5. The second-order valence-corrected chi connectivity index (χ2v) is 6.04. The summed E-state index contributed by atoms with van der Waals surface area (Å²) in [6.07, 6.45) is -0.961. The number of hydrogen-bond donors (Lipinski definition) is 0. The van der Waals surface area contributed by atoms with Gasteiger partial charge in [0.25, 0.3) is 0 Å². The topological polar surface area (TPSA) is 65.7 Å². The van der Waals surface area contributed by atoms with E-state index in [-0.39, 0.29) is 23.5 Å². The smallest absolute Gasteiger partial charge is 0.347 e. The highest BCUT2D eigenvalue weighted by Crippen LogP contribution is 2.32. The van der Waals surface area contributed by atoms with Gasteiger partial charge in [-0.2, -0.15) is 0 Å². The van der Waals surface area contributed by atoms with Crippen LogP contribution in [-0.2, 0) is 9.53 Å². The Morgan fingerprint density at radius 1 is 1.19 bits per heavy atom. The van der Waals surface area contributed by atoms with Gasteiger partial charge in [0.2, 0.25) is 11.2 Å². The molecule has 0 N–H and O–H groups in total. The molecule has 0 spiro atoms. The van der Waals surface area contributed by atoms with Crippen LogP contribution in [0.1, 0.15) is 13.8 Å². The molecule has 0 saturated carbocycles. The van der Waals surface area contributed by atoms with Crippen LogP contribution in [-0.4, -0.2) is 18.7 Å². The maximum absolute atomic E-state index is 13.0. The summed E-state index contributed by atoms with van der Waals surface area (Å²) in [5.74, 6) is -0.356. The minimum atomic E-state index is -0.961. The zero-order chi connectivity index (χ0) is 18.7. The van der Waals surface area contributed by atoms with E-state index in [0.717, 1.165) is 0 Å². The average Bonchev–Trinajstić information content (AvgIpc) is 2.65. The predicted octanol–water partition coefficient (Wildman–Crippen LogP) is 4.44. The molecule has 5 nitrogen and oxygen atoms in total. The highest BCUT2D eigenvalue weighted by molar-refractivity contribution is 6.31. The maximum Gasteiger partial charge on any atom is 0.347 e. The van der Waals surface area contributed by atoms with E-state index in [9.17, 15) is 9.59 Å². The fraction of sp³-hybridized carbons (Fsp3) is 0.200. The van der Waals surface area contributed by atoms with Crippen molar-refractivity contribution in [3.05, 3.63) is 63.8 Å². The number of hydrogen-bond acceptors (Lipinski definition) is 5. The van der Waals surface area contributed by atoms with Crippen LogP contribution in [0.2, 0.25) is 5.02 Å². The van der Waals surface area contributed by atoms with Crippen molar-refractivity contribution in [1.82, 2.24) is 0 Å². The first-order valence-electron chi connectivity index (χ1n) is 8.16. The van der Waals surface area contributed by atoms with Crippen molar-refractivity contribution in [3.63, 3.8) is 0 Å². The number of fused-ring (bicyclic) bond motifs is 1. The van der Waals surface area contributed by atoms with Gasteiger partial charge in [-0.25, -0.2) is 4.79 Å². The van der Waals surface area contributed by atoms with E-state index in [2.05, 4.69) is 0 Å². The number of carbonyl (C=O) groups excluding carboxylic acids is 1. The van der Waals surface area contributed by atoms with Crippen LogP contribution in [0.5, 0.6) is 5.75 Å². The first-order valence-corrected chi connectivity index (χ1v) is 8.54. The summed E-state index contributed by atoms with van der Waals surface area (Å²) < 4.78 is 16.5. The molecule has 6 heteroatoms. The molecule has 0 amide bonds. The minimum absolute atomic E-state index is 0.0495. The van der Waals surface area contributed by atoms with Crippen molar-refractivity contribution in [3.8, 4) is 17.1 Å². The van der Waals surface area contributed by atoms with E-state index in [1.165, 1.54) is 13.0 Å². The van der Waals surface area contributed by atoms with Gasteiger partial charge < -0.3 is 13.9 Å². The van der Waals surface area contributed by atoms with Crippen LogP contribution in [0.4, 0.5) is 0 Å². The van der Waals surface area contributed by atoms with Crippen LogP contribution >= 0.6 is 11.6 Å². The number of halogens is 1. The van der Waals surface area contributed by atoms with E-state index < -0.39 is 17.5 Å². The number of ether oxygens (including phenoxy) is 2. The number of esters is 1. The van der Waals surface area contributed by atoms with Gasteiger partial charge in [-0.1, -0.05) is 41.9 Å². The van der Waals surface area contributed by atoms with E-state index in [1.54, 1.807) is 31.2 Å². The third kappa shape index (κ3) is 3.58. The molecule has 2 aromatic carbocycles. The Balaban J connectivity index is 2.19. The Bertz CT molecular complexity index is 994. The van der Waals surface area contributed by atoms with E-state index in [0.29, 0.717) is 16.2 Å². The van der Waals surface area contributed by atoms with Gasteiger partial charge in [0.1, 0.15) is 5.58 Å². The molecule has 0 fully saturated rings. The number of rotatable bonds is 5. The Morgan fingerprint density at radius 2 is 1.92 bits per heavy atom. The highest BCUT2D eigenvalue weighted by Gasteiger charge is 2.23. The molecule has 0 aliphatic rings. The summed E-state index contributed by atoms with van der Waals surface area (Å²) >= 11 is 6.00. The van der Waals surface area contributed by atoms with Crippen molar-refractivity contribution < 1.29 is 18.7 Å². The summed E-state index contributed by atoms with van der Waals surface area (Å²) in [6.45, 7) is 3.45. The summed E-state index contributed by atoms with van der Waals surface area (Å²) in [4.78, 5) is 24.9. The standard InChI is InChI=1S/C20H17ClO5/c1-3-24-20(23)12(2)25-19-17(22)15-11-14(21)9-10-16(15)26-18(19)13-7-5-4-6-8-13/h4-12H,3H2,1-2H3/t12-/m1/s1. The molecule has 0 saturated heterocycles. The lowest BCUT2D eigenvalue weighted by Gasteiger charge is -2.16. The second-order valence-electron chi connectivity index (χ2n) is 5.61. The Kier molecular flexibility index (Phi) is 5.28. The molecule has 1 atom stereocenters. The fourth-order valence-electron chi connectivity index (χ4n) is 2.52. The van der Waals surface area contributed by atoms with Crippen LogP contribution in [0.25, 0.3) is 22.3 Å². The van der Waals surface area contributed by atoms with Crippen molar-refractivity contribution >= 4 is 28.5 Å². The molecule has 26 heavy (non-hydrogen) atoms. The van der Waals surface area contributed by atoms with Gasteiger partial charge in [-0.15, -0.1) is 0 Å². The van der Waals surface area contributed by atoms with Crippen LogP contribution in [0.15, 0.2) is 57.7 Å². The third-order valence-electron chi connectivity index (χ3n) is 3.76. The Morgan fingerprint density at radius 3 is 2.62 bits per heavy atom. The molecule has 3 aromatic rings. The summed E-state index contributed by atoms with van der Waals surface area (Å²) in [6, 6.07) is 13.9. The van der Waals surface area contributed by atoms with Gasteiger partial charge in [-0.3, -0.25) is 4.79 Å². The van der Waals surface area contributed by atoms with Gasteiger partial charge in [0, 0.05) is 10.6 Å². The molecule has 134 valence electrons. The quantitative estimate of drug-likeness (QED) is 0.619. The lowest BCUT2D eigenvalue weighted by atomic mass is 10.1. The maximum atomic E-state index is 13.0. The third-order valence-corrected chi connectivity index (χ3v) is 3.99. The van der Waals surface area contributed by atoms with Crippen LogP contribution in [0.3, 0.4) is 0 Å². The van der Waals surface area contributed by atoms with E-state index in [1.807, 2.05) is 18.2 Å². The van der Waals surface area contributed by atoms with Crippen molar-refractivity contribution in [2.45, 2.75) is 20.0 Å². The molecular weight excluding hydrogens is 356 g/mol. The summed E-state index contributed by atoms with van der Waals surface area (Å²) in [7, 11) is 0. The summed E-state index contributed by atoms with van der Waals surface area (Å²) in [5, 5.41) is 0.685. The molecule has 0 aliphatic carbocycles. The number of benzene rings is 2. The average molecular weight is 373 g/mol. The normalized spacial score (nSPS) is 12.0. The van der Waals surface area contributed by atoms with Crippen molar-refractivity contribution in [1.29, 1.82) is 0 Å². The van der Waals surface area contributed by atoms with Gasteiger partial charge in [0.05, 0.1) is 12.0 Å². The molecule has 0 bridgehead atoms. The zero-order valence-electron chi connectivity index (χ0n) is 14.3. The van der Waals surface area contributed by atoms with Gasteiger partial charge >= 0.3 is 5.97 Å². The van der Waals surface area contributed by atoms with Crippen molar-refractivity contribution in [2.75, 3.05) is 6.61 Å². The number of carbonyl (C=O) groups is 1. The SMILES string of the molecule is CCOC(=O)[C@@H](C)Oc1c(-c2ccccc2)oc2ccc(Cl)cc2c1=O. The zero-order valence-corrected chi connectivity index (χ0v) is 15.1.